The smallest absolute Gasteiger partial charge is 0.247 e. The van der Waals surface area contributed by atoms with Crippen molar-refractivity contribution < 1.29 is 9.59 Å². The van der Waals surface area contributed by atoms with E-state index in [0.717, 1.165) is 28.6 Å². The Morgan fingerprint density at radius 1 is 0.912 bits per heavy atom. The number of amidine groups is 1. The first-order valence-electron chi connectivity index (χ1n) is 10.9. The molecule has 0 unspecified atom stereocenters. The summed E-state index contributed by atoms with van der Waals surface area (Å²) in [5, 5.41) is 15.3. The van der Waals surface area contributed by atoms with Gasteiger partial charge in [-0.15, -0.1) is 0 Å². The molecule has 2 atom stereocenters. The third-order valence-corrected chi connectivity index (χ3v) is 7.17. The molecule has 3 aromatic carbocycles. The summed E-state index contributed by atoms with van der Waals surface area (Å²) in [6.07, 6.45) is 0.680. The highest BCUT2D eigenvalue weighted by Crippen LogP contribution is 2.37. The predicted octanol–water partition coefficient (Wildman–Crippen LogP) is 5.49. The van der Waals surface area contributed by atoms with E-state index in [9.17, 15) is 9.59 Å². The predicted molar refractivity (Wildman–Crippen MR) is 136 cm³/mol. The molecule has 2 heterocycles. The van der Waals surface area contributed by atoms with Crippen LogP contribution in [0.3, 0.4) is 0 Å². The van der Waals surface area contributed by atoms with E-state index in [0.29, 0.717) is 17.1 Å². The molecule has 0 aromatic heterocycles. The lowest BCUT2D eigenvalue weighted by Gasteiger charge is -2.24. The number of amides is 2. The van der Waals surface area contributed by atoms with Crippen LogP contribution in [-0.2, 0) is 9.59 Å². The van der Waals surface area contributed by atoms with E-state index in [1.807, 2.05) is 60.7 Å². The highest BCUT2D eigenvalue weighted by Gasteiger charge is 2.42. The zero-order chi connectivity index (χ0) is 23.7. The van der Waals surface area contributed by atoms with Gasteiger partial charge in [0.25, 0.3) is 0 Å². The van der Waals surface area contributed by atoms with E-state index in [2.05, 4.69) is 0 Å². The first kappa shape index (κ1) is 22.4. The zero-order valence-electron chi connectivity index (χ0n) is 18.1. The van der Waals surface area contributed by atoms with Crippen molar-refractivity contribution in [2.24, 2.45) is 5.10 Å². The van der Waals surface area contributed by atoms with Crippen LogP contribution in [0.15, 0.2) is 90.0 Å². The summed E-state index contributed by atoms with van der Waals surface area (Å²) in [6.45, 7) is 0. The minimum Gasteiger partial charge on any atom is -0.277 e. The number of anilines is 1. The monoisotopic (exact) mass is 488 g/mol. The van der Waals surface area contributed by atoms with E-state index >= 15 is 0 Å². The first-order chi connectivity index (χ1) is 16.5. The number of rotatable bonds is 4. The van der Waals surface area contributed by atoms with Gasteiger partial charge in [0.1, 0.15) is 5.25 Å². The van der Waals surface area contributed by atoms with E-state index < -0.39 is 5.25 Å². The van der Waals surface area contributed by atoms with Gasteiger partial charge in [0.05, 0.1) is 17.4 Å². The Morgan fingerprint density at radius 3 is 2.24 bits per heavy atom. The Hall–Kier alpha value is -3.42. The standard InChI is InChI=1S/C26H21ClN4O2S/c27-19-11-13-20(14-12-19)30-24(32)16-23(25(30)33)34-26(28)31-22(18-9-5-2-6-10-18)15-21(29-31)17-7-3-1-4-8-17/h1-14,22-23,28H,15-16H2/t22-,23-/m1/s1. The van der Waals surface area contributed by atoms with Crippen molar-refractivity contribution in [3.05, 3.63) is 101 Å². The highest BCUT2D eigenvalue weighted by molar-refractivity contribution is 8.14. The maximum absolute atomic E-state index is 13.1. The number of thioether (sulfide) groups is 1. The number of halogens is 1. The van der Waals surface area contributed by atoms with Crippen LogP contribution in [-0.4, -0.2) is 33.0 Å². The van der Waals surface area contributed by atoms with Crippen LogP contribution in [0.1, 0.15) is 30.0 Å². The maximum atomic E-state index is 13.1. The number of hydrogen-bond acceptors (Lipinski definition) is 5. The molecule has 6 nitrogen and oxygen atoms in total. The largest absolute Gasteiger partial charge is 0.277 e. The fraction of sp³-hybridized carbons (Fsp3) is 0.154. The summed E-state index contributed by atoms with van der Waals surface area (Å²) in [4.78, 5) is 26.9. The molecule has 2 aliphatic heterocycles. The lowest BCUT2D eigenvalue weighted by atomic mass is 9.99. The van der Waals surface area contributed by atoms with Crippen molar-refractivity contribution in [2.75, 3.05) is 4.90 Å². The zero-order valence-corrected chi connectivity index (χ0v) is 19.7. The fourth-order valence-electron chi connectivity index (χ4n) is 4.18. The van der Waals surface area contributed by atoms with Gasteiger partial charge >= 0.3 is 0 Å². The third kappa shape index (κ3) is 4.36. The number of hydrazone groups is 1. The third-order valence-electron chi connectivity index (χ3n) is 5.85. The summed E-state index contributed by atoms with van der Waals surface area (Å²) in [7, 11) is 0. The van der Waals surface area contributed by atoms with Crippen molar-refractivity contribution in [2.45, 2.75) is 24.1 Å². The van der Waals surface area contributed by atoms with Gasteiger partial charge in [-0.3, -0.25) is 15.0 Å². The second-order valence-electron chi connectivity index (χ2n) is 8.05. The molecule has 0 bridgehead atoms. The first-order valence-corrected chi connectivity index (χ1v) is 12.1. The van der Waals surface area contributed by atoms with Gasteiger partial charge in [0.15, 0.2) is 5.17 Å². The van der Waals surface area contributed by atoms with Gasteiger partial charge in [0.2, 0.25) is 11.8 Å². The van der Waals surface area contributed by atoms with Crippen LogP contribution in [0.2, 0.25) is 5.02 Å². The summed E-state index contributed by atoms with van der Waals surface area (Å²) in [6, 6.07) is 26.3. The topological polar surface area (TPSA) is 76.8 Å². The number of imide groups is 1. The average molecular weight is 489 g/mol. The molecule has 0 aliphatic carbocycles. The van der Waals surface area contributed by atoms with Crippen LogP contribution < -0.4 is 4.90 Å². The normalized spacial score (nSPS) is 20.1. The summed E-state index contributed by atoms with van der Waals surface area (Å²) in [5.41, 5.74) is 3.42. The van der Waals surface area contributed by atoms with Crippen molar-refractivity contribution in [1.82, 2.24) is 5.01 Å². The van der Waals surface area contributed by atoms with Gasteiger partial charge in [-0.05, 0) is 35.4 Å². The molecule has 1 saturated heterocycles. The molecule has 2 amide bonds. The molecular formula is C26H21ClN4O2S. The number of nitrogens with one attached hydrogen (secondary N) is 1. The van der Waals surface area contributed by atoms with Crippen molar-refractivity contribution in [1.29, 1.82) is 5.41 Å². The van der Waals surface area contributed by atoms with E-state index in [4.69, 9.17) is 22.1 Å². The molecule has 1 N–H and O–H groups in total. The fourth-order valence-corrected chi connectivity index (χ4v) is 5.29. The molecule has 8 heteroatoms. The van der Waals surface area contributed by atoms with Gasteiger partial charge in [-0.2, -0.15) is 5.10 Å². The second-order valence-corrected chi connectivity index (χ2v) is 9.68. The van der Waals surface area contributed by atoms with Crippen LogP contribution in [0.25, 0.3) is 0 Å². The van der Waals surface area contributed by atoms with E-state index in [-0.39, 0.29) is 29.4 Å². The van der Waals surface area contributed by atoms with Crippen LogP contribution in [0.5, 0.6) is 0 Å². The summed E-state index contributed by atoms with van der Waals surface area (Å²) < 4.78 is 0. The Bertz CT molecular complexity index is 1260. The molecule has 170 valence electrons. The number of nitrogens with zero attached hydrogens (tertiary/aromatic N) is 3. The molecule has 5 rings (SSSR count). The minimum absolute atomic E-state index is 0.0353. The van der Waals surface area contributed by atoms with Crippen LogP contribution in [0.4, 0.5) is 5.69 Å². The van der Waals surface area contributed by atoms with Gasteiger partial charge in [0, 0.05) is 17.9 Å². The lowest BCUT2D eigenvalue weighted by molar-refractivity contribution is -0.121. The van der Waals surface area contributed by atoms with Crippen molar-refractivity contribution in [3.8, 4) is 0 Å². The quantitative estimate of drug-likeness (QED) is 0.299. The highest BCUT2D eigenvalue weighted by atomic mass is 35.5. The SMILES string of the molecule is N=C(S[C@@H]1CC(=O)N(c2ccc(Cl)cc2)C1=O)N1N=C(c2ccccc2)C[C@@H]1c1ccccc1. The molecule has 0 saturated carbocycles. The van der Waals surface area contributed by atoms with Crippen molar-refractivity contribution >= 4 is 51.7 Å². The summed E-state index contributed by atoms with van der Waals surface area (Å²) in [5.74, 6) is -0.614. The molecular weight excluding hydrogens is 468 g/mol. The van der Waals surface area contributed by atoms with Crippen LogP contribution in [0, 0.1) is 5.41 Å². The Morgan fingerprint density at radius 2 is 1.56 bits per heavy atom. The minimum atomic E-state index is -0.678. The van der Waals surface area contributed by atoms with Gasteiger partial charge < -0.3 is 0 Å². The number of carbonyl (C=O) groups is 2. The van der Waals surface area contributed by atoms with Crippen LogP contribution >= 0.6 is 23.4 Å². The molecule has 34 heavy (non-hydrogen) atoms. The Kier molecular flexibility index (Phi) is 6.22. The second kappa shape index (κ2) is 9.44. The molecule has 0 spiro atoms. The molecule has 2 aliphatic rings. The summed E-state index contributed by atoms with van der Waals surface area (Å²) >= 11 is 7.02. The van der Waals surface area contributed by atoms with E-state index in [1.54, 1.807) is 29.3 Å². The molecule has 1 fully saturated rings. The number of carbonyl (C=O) groups excluding carboxylic acids is 2. The average Bonchev–Trinajstić information content (AvgIpc) is 3.42. The molecule has 3 aromatic rings. The van der Waals surface area contributed by atoms with E-state index in [1.165, 1.54) is 4.90 Å². The van der Waals surface area contributed by atoms with Gasteiger partial charge in [-0.25, -0.2) is 9.91 Å². The van der Waals surface area contributed by atoms with Crippen molar-refractivity contribution in [3.63, 3.8) is 0 Å². The maximum Gasteiger partial charge on any atom is 0.247 e. The molecule has 0 radical (unpaired) electrons. The Labute approximate surface area is 206 Å². The van der Waals surface area contributed by atoms with Gasteiger partial charge in [-0.1, -0.05) is 84.0 Å². The number of benzene rings is 3. The Balaban J connectivity index is 1.38. The lowest BCUT2D eigenvalue weighted by Crippen LogP contribution is -2.32. The number of hydrogen-bond donors (Lipinski definition) is 1.